The summed E-state index contributed by atoms with van der Waals surface area (Å²) in [5.74, 6) is -0.489. The van der Waals surface area contributed by atoms with Crippen LogP contribution in [0.1, 0.15) is 61.8 Å². The first-order valence-corrected chi connectivity index (χ1v) is 11.4. The Morgan fingerprint density at radius 1 is 1.20 bits per heavy atom. The first kappa shape index (κ1) is 24.8. The summed E-state index contributed by atoms with van der Waals surface area (Å²) in [5.41, 5.74) is -1.26. The molecule has 1 aliphatic rings. The molecule has 186 valence electrons. The summed E-state index contributed by atoms with van der Waals surface area (Å²) in [5, 5.41) is 0.520. The number of piperidine rings is 1. The van der Waals surface area contributed by atoms with E-state index in [2.05, 4.69) is 15.0 Å². The number of amides is 1. The minimum atomic E-state index is -2.94. The number of carbonyl (C=O) groups is 1. The van der Waals surface area contributed by atoms with Crippen molar-refractivity contribution < 1.29 is 22.4 Å². The van der Waals surface area contributed by atoms with Crippen molar-refractivity contribution in [1.82, 2.24) is 19.4 Å². The number of pyridine rings is 1. The van der Waals surface area contributed by atoms with E-state index in [4.69, 9.17) is 0 Å². The number of halogens is 4. The number of benzene rings is 1. The Hall–Kier alpha value is -3.30. The van der Waals surface area contributed by atoms with E-state index in [9.17, 15) is 18.0 Å². The molecule has 0 saturated carbocycles. The Bertz CT molecular complexity index is 1350. The zero-order valence-electron chi connectivity index (χ0n) is 20.0. The van der Waals surface area contributed by atoms with Crippen molar-refractivity contribution in [2.24, 2.45) is 12.0 Å². The van der Waals surface area contributed by atoms with E-state index in [0.717, 1.165) is 6.07 Å². The highest BCUT2D eigenvalue weighted by Crippen LogP contribution is 2.36. The highest BCUT2D eigenvalue weighted by atomic mass is 19.3. The third-order valence-electron chi connectivity index (χ3n) is 6.76. The number of fused-ring (bicyclic) bond motifs is 1. The van der Waals surface area contributed by atoms with Crippen LogP contribution in [0.15, 0.2) is 35.5 Å². The van der Waals surface area contributed by atoms with Gasteiger partial charge in [-0.05, 0) is 19.9 Å². The predicted octanol–water partition coefficient (Wildman–Crippen LogP) is 4.82. The molecule has 1 atom stereocenters. The molecule has 35 heavy (non-hydrogen) atoms. The Morgan fingerprint density at radius 3 is 2.49 bits per heavy atom. The van der Waals surface area contributed by atoms with Gasteiger partial charge in [-0.25, -0.2) is 22.5 Å². The zero-order chi connectivity index (χ0) is 25.5. The fourth-order valence-corrected chi connectivity index (χ4v) is 4.45. The zero-order valence-corrected chi connectivity index (χ0v) is 20.0. The van der Waals surface area contributed by atoms with Crippen LogP contribution < -0.4 is 5.49 Å². The van der Waals surface area contributed by atoms with Crippen LogP contribution in [-0.4, -0.2) is 38.4 Å². The average molecular weight is 490 g/mol. The van der Waals surface area contributed by atoms with Gasteiger partial charge in [0.05, 0.1) is 29.0 Å². The van der Waals surface area contributed by atoms with Crippen LogP contribution in [0.5, 0.6) is 0 Å². The van der Waals surface area contributed by atoms with Crippen molar-refractivity contribution in [3.8, 4) is 0 Å². The number of likely N-dealkylation sites (tertiary alicyclic amines) is 1. The minimum Gasteiger partial charge on any atom is -0.343 e. The standard InChI is InChI=1S/C25H27F4N5O/c1-14(17-6-5-7-18(22(17)26)23(27)28)31-24-19-12-21(30-13-20(19)33(4)15(2)32-24)25(29)8-10-34(11-9-25)16(3)35/h5-7,12-14,23H,8-11H2,1-4H3. The van der Waals surface area contributed by atoms with Gasteiger partial charge in [-0.15, -0.1) is 0 Å². The fourth-order valence-electron chi connectivity index (χ4n) is 4.45. The first-order chi connectivity index (χ1) is 16.5. The number of aryl methyl sites for hydroxylation is 2. The lowest BCUT2D eigenvalue weighted by molar-refractivity contribution is -0.131. The molecule has 1 fully saturated rings. The summed E-state index contributed by atoms with van der Waals surface area (Å²) < 4.78 is 58.8. The lowest BCUT2D eigenvalue weighted by Crippen LogP contribution is -2.42. The molecule has 3 heterocycles. The molecule has 1 unspecified atom stereocenters. The molecule has 0 aliphatic carbocycles. The average Bonchev–Trinajstić information content (AvgIpc) is 2.82. The second-order valence-corrected chi connectivity index (χ2v) is 8.96. The number of rotatable bonds is 4. The van der Waals surface area contributed by atoms with Crippen LogP contribution in [0, 0.1) is 12.7 Å². The van der Waals surface area contributed by atoms with Crippen molar-refractivity contribution in [3.63, 3.8) is 0 Å². The summed E-state index contributed by atoms with van der Waals surface area (Å²) >= 11 is 0. The van der Waals surface area contributed by atoms with Gasteiger partial charge in [-0.1, -0.05) is 18.2 Å². The number of nitrogens with zero attached hydrogens (tertiary/aromatic N) is 5. The normalized spacial score (nSPS) is 17.3. The van der Waals surface area contributed by atoms with Gasteiger partial charge >= 0.3 is 0 Å². The largest absolute Gasteiger partial charge is 0.343 e. The molecule has 0 radical (unpaired) electrons. The molecule has 2 aromatic heterocycles. The molecule has 0 spiro atoms. The molecule has 1 amide bonds. The van der Waals surface area contributed by atoms with Crippen LogP contribution in [0.3, 0.4) is 0 Å². The van der Waals surface area contributed by atoms with Crippen molar-refractivity contribution in [1.29, 1.82) is 0 Å². The molecule has 1 aromatic carbocycles. The SMILES string of the molecule is CC(=O)N1CCC(F)(c2cc3c(=NC(C)c4cccc(C(F)F)c4F)nc(C)n(C)c3cn2)CC1. The van der Waals surface area contributed by atoms with Gasteiger partial charge in [0, 0.05) is 50.9 Å². The molecule has 1 saturated heterocycles. The summed E-state index contributed by atoms with van der Waals surface area (Å²) in [7, 11) is 1.79. The lowest BCUT2D eigenvalue weighted by Gasteiger charge is -2.35. The molecule has 4 rings (SSSR count). The highest BCUT2D eigenvalue weighted by Gasteiger charge is 2.38. The van der Waals surface area contributed by atoms with Crippen molar-refractivity contribution in [2.75, 3.05) is 13.1 Å². The van der Waals surface area contributed by atoms with E-state index < -0.39 is 29.5 Å². The third-order valence-corrected chi connectivity index (χ3v) is 6.76. The predicted molar refractivity (Wildman–Crippen MR) is 123 cm³/mol. The Labute approximate surface area is 200 Å². The summed E-state index contributed by atoms with van der Waals surface area (Å²) in [4.78, 5) is 26.7. The van der Waals surface area contributed by atoms with Crippen molar-refractivity contribution in [3.05, 3.63) is 64.4 Å². The maximum absolute atomic E-state index is 15.9. The van der Waals surface area contributed by atoms with Gasteiger partial charge in [0.15, 0.2) is 11.2 Å². The number of aromatic nitrogens is 3. The van der Waals surface area contributed by atoms with Crippen LogP contribution in [-0.2, 0) is 17.5 Å². The highest BCUT2D eigenvalue weighted by molar-refractivity contribution is 5.78. The Kier molecular flexibility index (Phi) is 6.66. The van der Waals surface area contributed by atoms with E-state index in [-0.39, 0.29) is 35.5 Å². The molecule has 3 aromatic rings. The van der Waals surface area contributed by atoms with Crippen LogP contribution in [0.2, 0.25) is 0 Å². The number of hydrogen-bond acceptors (Lipinski definition) is 4. The summed E-state index contributed by atoms with van der Waals surface area (Å²) in [6.45, 7) is 5.41. The number of hydrogen-bond donors (Lipinski definition) is 0. The Balaban J connectivity index is 1.81. The summed E-state index contributed by atoms with van der Waals surface area (Å²) in [6.07, 6.45) is -1.15. The topological polar surface area (TPSA) is 63.4 Å². The molecule has 6 nitrogen and oxygen atoms in total. The Morgan fingerprint density at radius 2 is 1.86 bits per heavy atom. The smallest absolute Gasteiger partial charge is 0.266 e. The minimum absolute atomic E-state index is 0.0245. The molecular weight excluding hydrogens is 462 g/mol. The monoisotopic (exact) mass is 489 g/mol. The fraction of sp³-hybridized carbons (Fsp3) is 0.440. The van der Waals surface area contributed by atoms with Crippen molar-refractivity contribution in [2.45, 2.75) is 51.7 Å². The third kappa shape index (κ3) is 4.66. The van der Waals surface area contributed by atoms with Crippen molar-refractivity contribution >= 4 is 16.8 Å². The maximum Gasteiger partial charge on any atom is 0.266 e. The van der Waals surface area contributed by atoms with Gasteiger partial charge in [-0.3, -0.25) is 14.8 Å². The van der Waals surface area contributed by atoms with Gasteiger partial charge in [0.1, 0.15) is 11.6 Å². The molecule has 10 heteroatoms. The van der Waals surface area contributed by atoms with Crippen LogP contribution in [0.25, 0.3) is 10.9 Å². The van der Waals surface area contributed by atoms with Gasteiger partial charge in [-0.2, -0.15) is 0 Å². The van der Waals surface area contributed by atoms with Gasteiger partial charge in [0.2, 0.25) is 5.91 Å². The van der Waals surface area contributed by atoms with E-state index in [1.165, 1.54) is 19.1 Å². The first-order valence-electron chi connectivity index (χ1n) is 11.4. The van der Waals surface area contributed by atoms with Gasteiger partial charge < -0.3 is 9.47 Å². The number of carbonyl (C=O) groups excluding carboxylic acids is 1. The quantitative estimate of drug-likeness (QED) is 0.494. The lowest BCUT2D eigenvalue weighted by atomic mass is 9.89. The van der Waals surface area contributed by atoms with E-state index in [0.29, 0.717) is 29.8 Å². The van der Waals surface area contributed by atoms with E-state index in [1.807, 2.05) is 0 Å². The second kappa shape index (κ2) is 9.39. The maximum atomic E-state index is 15.9. The van der Waals surface area contributed by atoms with Crippen LogP contribution in [0.4, 0.5) is 17.6 Å². The summed E-state index contributed by atoms with van der Waals surface area (Å²) in [6, 6.07) is 4.62. The molecule has 1 aliphatic heterocycles. The second-order valence-electron chi connectivity index (χ2n) is 8.96. The molecular formula is C25H27F4N5O. The molecule has 0 N–H and O–H groups in total. The van der Waals surface area contributed by atoms with E-state index in [1.54, 1.807) is 42.6 Å². The van der Waals surface area contributed by atoms with E-state index >= 15 is 4.39 Å². The van der Waals surface area contributed by atoms with Gasteiger partial charge in [0.25, 0.3) is 6.43 Å². The van der Waals surface area contributed by atoms with Crippen LogP contribution >= 0.6 is 0 Å². The number of alkyl halides is 3. The molecule has 0 bridgehead atoms.